The summed E-state index contributed by atoms with van der Waals surface area (Å²) in [7, 11) is 0. The third-order valence-electron chi connectivity index (χ3n) is 2.34. The molecule has 18 heavy (non-hydrogen) atoms. The molecule has 0 saturated carbocycles. The van der Waals surface area contributed by atoms with Gasteiger partial charge in [-0.05, 0) is 31.0 Å². The number of nitrogens with one attached hydrogen (secondary N) is 2. The second-order valence-electron chi connectivity index (χ2n) is 3.81. The van der Waals surface area contributed by atoms with Crippen molar-refractivity contribution in [2.24, 2.45) is 4.99 Å². The van der Waals surface area contributed by atoms with E-state index in [1.165, 1.54) is 12.1 Å². The molecule has 0 spiro atoms. The highest BCUT2D eigenvalue weighted by Gasteiger charge is 1.96. The largest absolute Gasteiger partial charge is 0.357 e. The first-order chi connectivity index (χ1) is 8.76. The Morgan fingerprint density at radius 3 is 2.67 bits per heavy atom. The Bertz CT molecular complexity index is 385. The Balaban J connectivity index is 2.44. The van der Waals surface area contributed by atoms with Crippen LogP contribution in [0, 0.1) is 5.82 Å². The van der Waals surface area contributed by atoms with E-state index in [0.717, 1.165) is 24.5 Å². The molecule has 0 amide bonds. The number of guanidine groups is 1. The Labute approximate surface area is 108 Å². The van der Waals surface area contributed by atoms with Crippen molar-refractivity contribution in [1.29, 1.82) is 0 Å². The molecule has 4 heteroatoms. The first kappa shape index (κ1) is 14.2. The van der Waals surface area contributed by atoms with Gasteiger partial charge in [-0.15, -0.1) is 6.58 Å². The summed E-state index contributed by atoms with van der Waals surface area (Å²) in [6.45, 7) is 7.83. The van der Waals surface area contributed by atoms with Crippen molar-refractivity contribution < 1.29 is 4.39 Å². The molecule has 0 atom stereocenters. The van der Waals surface area contributed by atoms with Gasteiger partial charge in [0.1, 0.15) is 5.82 Å². The highest BCUT2D eigenvalue weighted by Crippen LogP contribution is 2.03. The van der Waals surface area contributed by atoms with Crippen molar-refractivity contribution in [2.75, 3.05) is 19.6 Å². The van der Waals surface area contributed by atoms with Gasteiger partial charge in [0.25, 0.3) is 0 Å². The minimum Gasteiger partial charge on any atom is -0.357 e. The lowest BCUT2D eigenvalue weighted by Crippen LogP contribution is -2.37. The van der Waals surface area contributed by atoms with Crippen LogP contribution in [0.1, 0.15) is 12.5 Å². The minimum atomic E-state index is -0.205. The molecule has 0 bridgehead atoms. The average molecular weight is 249 g/mol. The lowest BCUT2D eigenvalue weighted by Gasteiger charge is -2.09. The highest BCUT2D eigenvalue weighted by atomic mass is 19.1. The summed E-state index contributed by atoms with van der Waals surface area (Å²) in [6.07, 6.45) is 2.58. The number of hydrogen-bond donors (Lipinski definition) is 2. The van der Waals surface area contributed by atoms with Crippen LogP contribution in [0.25, 0.3) is 0 Å². The third kappa shape index (κ3) is 5.48. The van der Waals surface area contributed by atoms with Crippen LogP contribution in [0.15, 0.2) is 41.9 Å². The van der Waals surface area contributed by atoms with E-state index in [1.807, 2.05) is 6.92 Å². The van der Waals surface area contributed by atoms with Gasteiger partial charge in [-0.25, -0.2) is 4.39 Å². The first-order valence-corrected chi connectivity index (χ1v) is 6.13. The lowest BCUT2D eigenvalue weighted by molar-refractivity contribution is 0.627. The van der Waals surface area contributed by atoms with Gasteiger partial charge in [0, 0.05) is 19.6 Å². The van der Waals surface area contributed by atoms with Crippen molar-refractivity contribution in [2.45, 2.75) is 13.3 Å². The summed E-state index contributed by atoms with van der Waals surface area (Å²) in [5.74, 6) is 0.572. The maximum Gasteiger partial charge on any atom is 0.191 e. The minimum absolute atomic E-state index is 0.205. The summed E-state index contributed by atoms with van der Waals surface area (Å²) in [5.41, 5.74) is 1.08. The molecule has 0 unspecified atom stereocenters. The van der Waals surface area contributed by atoms with Crippen LogP contribution < -0.4 is 10.6 Å². The van der Waals surface area contributed by atoms with E-state index < -0.39 is 0 Å². The quantitative estimate of drug-likeness (QED) is 0.460. The van der Waals surface area contributed by atoms with Crippen LogP contribution in [0.3, 0.4) is 0 Å². The average Bonchev–Trinajstić information content (AvgIpc) is 2.38. The summed E-state index contributed by atoms with van der Waals surface area (Å²) in [5, 5.41) is 6.27. The predicted octanol–water partition coefficient (Wildman–Crippen LogP) is 2.11. The van der Waals surface area contributed by atoms with Crippen molar-refractivity contribution >= 4 is 5.96 Å². The zero-order valence-corrected chi connectivity index (χ0v) is 10.7. The van der Waals surface area contributed by atoms with E-state index in [0.29, 0.717) is 13.1 Å². The third-order valence-corrected chi connectivity index (χ3v) is 2.34. The molecular formula is C14H20FN3. The van der Waals surface area contributed by atoms with E-state index >= 15 is 0 Å². The fraction of sp³-hybridized carbons (Fsp3) is 0.357. The molecule has 0 aromatic heterocycles. The Hall–Kier alpha value is -1.84. The van der Waals surface area contributed by atoms with E-state index in [1.54, 1.807) is 18.2 Å². The number of nitrogens with zero attached hydrogens (tertiary/aromatic N) is 1. The topological polar surface area (TPSA) is 36.4 Å². The summed E-state index contributed by atoms with van der Waals surface area (Å²) >= 11 is 0. The summed E-state index contributed by atoms with van der Waals surface area (Å²) < 4.78 is 12.7. The van der Waals surface area contributed by atoms with Gasteiger partial charge >= 0.3 is 0 Å². The number of rotatable bonds is 6. The van der Waals surface area contributed by atoms with Gasteiger partial charge in [0.2, 0.25) is 0 Å². The highest BCUT2D eigenvalue weighted by molar-refractivity contribution is 5.79. The fourth-order valence-electron chi connectivity index (χ4n) is 1.46. The molecule has 1 aromatic rings. The van der Waals surface area contributed by atoms with Crippen molar-refractivity contribution in [1.82, 2.24) is 10.6 Å². The van der Waals surface area contributed by atoms with Crippen LogP contribution >= 0.6 is 0 Å². The standard InChI is InChI=1S/C14H20FN3/c1-3-10-17-14(16-4-2)18-11-9-12-5-7-13(15)8-6-12/h3,5-8H,1,4,9-11H2,2H3,(H2,16,17,18). The maximum atomic E-state index is 12.7. The Morgan fingerprint density at radius 1 is 1.33 bits per heavy atom. The monoisotopic (exact) mass is 249 g/mol. The lowest BCUT2D eigenvalue weighted by atomic mass is 10.1. The number of hydrogen-bond acceptors (Lipinski definition) is 1. The van der Waals surface area contributed by atoms with Crippen LogP contribution in [0.5, 0.6) is 0 Å². The molecule has 0 aliphatic carbocycles. The zero-order chi connectivity index (χ0) is 13.2. The SMILES string of the molecule is C=CCNC(=NCCc1ccc(F)cc1)NCC. The molecular weight excluding hydrogens is 229 g/mol. The van der Waals surface area contributed by atoms with E-state index in [4.69, 9.17) is 0 Å². The van der Waals surface area contributed by atoms with Gasteiger partial charge in [0.05, 0.1) is 0 Å². The van der Waals surface area contributed by atoms with Gasteiger partial charge < -0.3 is 10.6 Å². The van der Waals surface area contributed by atoms with E-state index in [-0.39, 0.29) is 5.82 Å². The summed E-state index contributed by atoms with van der Waals surface area (Å²) in [6, 6.07) is 6.52. The van der Waals surface area contributed by atoms with Crippen LogP contribution in [-0.4, -0.2) is 25.6 Å². The normalized spacial score (nSPS) is 11.1. The molecule has 3 nitrogen and oxygen atoms in total. The molecule has 0 fully saturated rings. The van der Waals surface area contributed by atoms with Crippen LogP contribution in [0.2, 0.25) is 0 Å². The van der Waals surface area contributed by atoms with E-state index in [9.17, 15) is 4.39 Å². The molecule has 98 valence electrons. The second kappa shape index (κ2) is 8.28. The number of benzene rings is 1. The van der Waals surface area contributed by atoms with Crippen molar-refractivity contribution in [3.05, 3.63) is 48.3 Å². The van der Waals surface area contributed by atoms with Gasteiger partial charge in [-0.2, -0.15) is 0 Å². The van der Waals surface area contributed by atoms with Crippen LogP contribution in [-0.2, 0) is 6.42 Å². The molecule has 2 N–H and O–H groups in total. The van der Waals surface area contributed by atoms with Gasteiger partial charge in [0.15, 0.2) is 5.96 Å². The fourth-order valence-corrected chi connectivity index (χ4v) is 1.46. The van der Waals surface area contributed by atoms with Crippen LogP contribution in [0.4, 0.5) is 4.39 Å². The molecule has 0 aliphatic rings. The zero-order valence-electron chi connectivity index (χ0n) is 10.7. The second-order valence-corrected chi connectivity index (χ2v) is 3.81. The Kier molecular flexibility index (Phi) is 6.54. The number of aliphatic imine (C=N–C) groups is 1. The van der Waals surface area contributed by atoms with Gasteiger partial charge in [-0.1, -0.05) is 18.2 Å². The Morgan fingerprint density at radius 2 is 2.06 bits per heavy atom. The molecule has 0 heterocycles. The van der Waals surface area contributed by atoms with Crippen molar-refractivity contribution in [3.8, 4) is 0 Å². The van der Waals surface area contributed by atoms with Crippen molar-refractivity contribution in [3.63, 3.8) is 0 Å². The predicted molar refractivity (Wildman–Crippen MR) is 74.3 cm³/mol. The molecule has 1 rings (SSSR count). The smallest absolute Gasteiger partial charge is 0.191 e. The maximum absolute atomic E-state index is 12.7. The van der Waals surface area contributed by atoms with E-state index in [2.05, 4.69) is 22.2 Å². The molecule has 0 aliphatic heterocycles. The first-order valence-electron chi connectivity index (χ1n) is 6.13. The molecule has 1 aromatic carbocycles. The molecule has 0 radical (unpaired) electrons. The molecule has 0 saturated heterocycles. The van der Waals surface area contributed by atoms with Gasteiger partial charge in [-0.3, -0.25) is 4.99 Å². The number of halogens is 1. The summed E-state index contributed by atoms with van der Waals surface area (Å²) in [4.78, 5) is 4.42.